The van der Waals surface area contributed by atoms with Crippen LogP contribution in [0.1, 0.15) is 12.0 Å². The molecule has 1 saturated heterocycles. The summed E-state index contributed by atoms with van der Waals surface area (Å²) in [6.07, 6.45) is 0.197. The average molecular weight is 278 g/mol. The van der Waals surface area contributed by atoms with Gasteiger partial charge in [0, 0.05) is 19.5 Å². The second-order valence-corrected chi connectivity index (χ2v) is 4.77. The summed E-state index contributed by atoms with van der Waals surface area (Å²) in [5.74, 6) is 0.390. The minimum absolute atomic E-state index is 0.0522. The van der Waals surface area contributed by atoms with Crippen LogP contribution in [0.5, 0.6) is 11.5 Å². The average Bonchev–Trinajstić information content (AvgIpc) is 2.80. The molecule has 1 atom stereocenters. The Morgan fingerprint density at radius 2 is 2.05 bits per heavy atom. The molecule has 20 heavy (non-hydrogen) atoms. The van der Waals surface area contributed by atoms with Crippen LogP contribution in [-0.2, 0) is 16.1 Å². The summed E-state index contributed by atoms with van der Waals surface area (Å²) in [6, 6.07) is 5.48. The highest BCUT2D eigenvalue weighted by Crippen LogP contribution is 2.29. The number of primary amides is 1. The maximum Gasteiger partial charge on any atom is 0.223 e. The lowest BCUT2D eigenvalue weighted by Crippen LogP contribution is -2.28. The second-order valence-electron chi connectivity index (χ2n) is 4.77. The first-order valence-electron chi connectivity index (χ1n) is 6.33. The van der Waals surface area contributed by atoms with E-state index in [-0.39, 0.29) is 18.2 Å². The Labute approximate surface area is 117 Å². The van der Waals surface area contributed by atoms with Crippen LogP contribution >= 0.6 is 0 Å². The highest BCUT2D eigenvalue weighted by molar-refractivity contribution is 5.88. The first kappa shape index (κ1) is 14.2. The van der Waals surface area contributed by atoms with Gasteiger partial charge in [-0.15, -0.1) is 0 Å². The minimum atomic E-state index is -0.423. The normalized spacial score (nSPS) is 18.2. The Morgan fingerprint density at radius 1 is 1.35 bits per heavy atom. The lowest BCUT2D eigenvalue weighted by Gasteiger charge is -2.17. The molecule has 108 valence electrons. The van der Waals surface area contributed by atoms with E-state index in [1.807, 2.05) is 12.1 Å². The Kier molecular flexibility index (Phi) is 4.12. The van der Waals surface area contributed by atoms with E-state index in [9.17, 15) is 9.59 Å². The SMILES string of the molecule is COc1ccc(CN2C[C@@H](C(N)=O)CC2=O)cc1OC. The van der Waals surface area contributed by atoms with Gasteiger partial charge in [0.25, 0.3) is 0 Å². The van der Waals surface area contributed by atoms with E-state index in [1.165, 1.54) is 0 Å². The first-order chi connectivity index (χ1) is 9.55. The highest BCUT2D eigenvalue weighted by Gasteiger charge is 2.32. The number of nitrogens with two attached hydrogens (primary N) is 1. The van der Waals surface area contributed by atoms with E-state index in [4.69, 9.17) is 15.2 Å². The Bertz CT molecular complexity index is 530. The monoisotopic (exact) mass is 278 g/mol. The molecule has 1 aliphatic rings. The molecule has 2 amide bonds. The summed E-state index contributed by atoms with van der Waals surface area (Å²) in [5.41, 5.74) is 6.16. The van der Waals surface area contributed by atoms with Crippen molar-refractivity contribution >= 4 is 11.8 Å². The van der Waals surface area contributed by atoms with Crippen molar-refractivity contribution in [2.45, 2.75) is 13.0 Å². The van der Waals surface area contributed by atoms with Gasteiger partial charge in [0.05, 0.1) is 20.1 Å². The molecule has 1 fully saturated rings. The van der Waals surface area contributed by atoms with Crippen molar-refractivity contribution in [3.8, 4) is 11.5 Å². The van der Waals surface area contributed by atoms with Crippen molar-refractivity contribution in [1.29, 1.82) is 0 Å². The van der Waals surface area contributed by atoms with Gasteiger partial charge in [-0.05, 0) is 17.7 Å². The van der Waals surface area contributed by atoms with Gasteiger partial charge < -0.3 is 20.1 Å². The molecular formula is C14H18N2O4. The summed E-state index contributed by atoms with van der Waals surface area (Å²) >= 11 is 0. The fourth-order valence-corrected chi connectivity index (χ4v) is 2.31. The van der Waals surface area contributed by atoms with Crippen LogP contribution in [0.2, 0.25) is 0 Å². The number of rotatable bonds is 5. The van der Waals surface area contributed by atoms with E-state index in [0.29, 0.717) is 24.6 Å². The molecule has 2 rings (SSSR count). The van der Waals surface area contributed by atoms with Crippen molar-refractivity contribution in [2.24, 2.45) is 11.7 Å². The topological polar surface area (TPSA) is 81.9 Å². The summed E-state index contributed by atoms with van der Waals surface area (Å²) in [7, 11) is 3.13. The third kappa shape index (κ3) is 2.84. The molecule has 0 bridgehead atoms. The maximum absolute atomic E-state index is 11.8. The number of carbonyl (C=O) groups excluding carboxylic acids is 2. The zero-order valence-electron chi connectivity index (χ0n) is 11.6. The minimum Gasteiger partial charge on any atom is -0.493 e. The van der Waals surface area contributed by atoms with Crippen molar-refractivity contribution in [1.82, 2.24) is 4.90 Å². The van der Waals surface area contributed by atoms with Crippen LogP contribution in [-0.4, -0.2) is 37.5 Å². The predicted molar refractivity (Wildman–Crippen MR) is 72.3 cm³/mol. The number of nitrogens with zero attached hydrogens (tertiary/aromatic N) is 1. The number of ether oxygens (including phenoxy) is 2. The first-order valence-corrected chi connectivity index (χ1v) is 6.33. The van der Waals surface area contributed by atoms with E-state index in [2.05, 4.69) is 0 Å². The number of hydrogen-bond acceptors (Lipinski definition) is 4. The number of methoxy groups -OCH3 is 2. The summed E-state index contributed by atoms with van der Waals surface area (Å²) < 4.78 is 10.4. The lowest BCUT2D eigenvalue weighted by atomic mass is 10.1. The Morgan fingerprint density at radius 3 is 2.60 bits per heavy atom. The summed E-state index contributed by atoms with van der Waals surface area (Å²) in [5, 5.41) is 0. The molecule has 0 aliphatic carbocycles. The number of carbonyl (C=O) groups is 2. The fourth-order valence-electron chi connectivity index (χ4n) is 2.31. The van der Waals surface area contributed by atoms with Crippen LogP contribution in [0.15, 0.2) is 18.2 Å². The smallest absolute Gasteiger partial charge is 0.223 e. The van der Waals surface area contributed by atoms with E-state index in [1.54, 1.807) is 25.2 Å². The summed E-state index contributed by atoms with van der Waals surface area (Å²) in [6.45, 7) is 0.811. The largest absolute Gasteiger partial charge is 0.493 e. The molecule has 1 aliphatic heterocycles. The summed E-state index contributed by atoms with van der Waals surface area (Å²) in [4.78, 5) is 24.6. The van der Waals surface area contributed by atoms with Gasteiger partial charge in [-0.1, -0.05) is 6.07 Å². The van der Waals surface area contributed by atoms with E-state index < -0.39 is 5.91 Å². The Hall–Kier alpha value is -2.24. The van der Waals surface area contributed by atoms with Gasteiger partial charge >= 0.3 is 0 Å². The predicted octanol–water partition coefficient (Wildman–Crippen LogP) is 0.538. The molecule has 6 heteroatoms. The molecule has 0 radical (unpaired) electrons. The molecule has 0 spiro atoms. The molecule has 0 saturated carbocycles. The third-order valence-electron chi connectivity index (χ3n) is 3.44. The van der Waals surface area contributed by atoms with Crippen LogP contribution in [0.3, 0.4) is 0 Å². The lowest BCUT2D eigenvalue weighted by molar-refractivity contribution is -0.128. The molecule has 1 heterocycles. The zero-order valence-corrected chi connectivity index (χ0v) is 11.6. The van der Waals surface area contributed by atoms with Crippen molar-refractivity contribution < 1.29 is 19.1 Å². The molecule has 2 N–H and O–H groups in total. The molecule has 1 aromatic carbocycles. The third-order valence-corrected chi connectivity index (χ3v) is 3.44. The fraction of sp³-hybridized carbons (Fsp3) is 0.429. The van der Waals surface area contributed by atoms with E-state index in [0.717, 1.165) is 5.56 Å². The van der Waals surface area contributed by atoms with Gasteiger partial charge in [0.2, 0.25) is 11.8 Å². The number of hydrogen-bond donors (Lipinski definition) is 1. The van der Waals surface area contributed by atoms with E-state index >= 15 is 0 Å². The van der Waals surface area contributed by atoms with Crippen LogP contribution in [0, 0.1) is 5.92 Å². The van der Waals surface area contributed by atoms with Crippen molar-refractivity contribution in [3.63, 3.8) is 0 Å². The van der Waals surface area contributed by atoms with Gasteiger partial charge in [0.15, 0.2) is 11.5 Å². The zero-order chi connectivity index (χ0) is 14.7. The second kappa shape index (κ2) is 5.81. The van der Waals surface area contributed by atoms with Crippen LogP contribution in [0.4, 0.5) is 0 Å². The van der Waals surface area contributed by atoms with Crippen LogP contribution in [0.25, 0.3) is 0 Å². The van der Waals surface area contributed by atoms with Gasteiger partial charge in [0.1, 0.15) is 0 Å². The van der Waals surface area contributed by atoms with Crippen molar-refractivity contribution in [3.05, 3.63) is 23.8 Å². The molecular weight excluding hydrogens is 260 g/mol. The quantitative estimate of drug-likeness (QED) is 0.852. The maximum atomic E-state index is 11.8. The number of likely N-dealkylation sites (tertiary alicyclic amines) is 1. The van der Waals surface area contributed by atoms with Gasteiger partial charge in [-0.2, -0.15) is 0 Å². The number of amides is 2. The van der Waals surface area contributed by atoms with Crippen LogP contribution < -0.4 is 15.2 Å². The molecule has 6 nitrogen and oxygen atoms in total. The van der Waals surface area contributed by atoms with Gasteiger partial charge in [-0.3, -0.25) is 9.59 Å². The standard InChI is InChI=1S/C14H18N2O4/c1-19-11-4-3-9(5-12(11)20-2)7-16-8-10(14(15)18)6-13(16)17/h3-5,10H,6-8H2,1-2H3,(H2,15,18)/t10-/m0/s1. The molecule has 0 aromatic heterocycles. The van der Waals surface area contributed by atoms with Gasteiger partial charge in [-0.25, -0.2) is 0 Å². The number of benzene rings is 1. The highest BCUT2D eigenvalue weighted by atomic mass is 16.5. The Balaban J connectivity index is 2.10. The van der Waals surface area contributed by atoms with Crippen molar-refractivity contribution in [2.75, 3.05) is 20.8 Å². The molecule has 1 aromatic rings. The molecule has 0 unspecified atom stereocenters.